The van der Waals surface area contributed by atoms with Gasteiger partial charge >= 0.3 is 0 Å². The first-order chi connectivity index (χ1) is 10.1. The zero-order valence-electron chi connectivity index (χ0n) is 11.7. The third kappa shape index (κ3) is 3.84. The van der Waals surface area contributed by atoms with E-state index in [9.17, 15) is 4.79 Å². The van der Waals surface area contributed by atoms with Gasteiger partial charge in [0.25, 0.3) is 5.91 Å². The van der Waals surface area contributed by atoms with Crippen LogP contribution in [0.25, 0.3) is 0 Å². The van der Waals surface area contributed by atoms with Gasteiger partial charge in [0.05, 0.1) is 17.0 Å². The second-order valence-electron chi connectivity index (χ2n) is 4.31. The molecule has 6 nitrogen and oxygen atoms in total. The van der Waals surface area contributed by atoms with Crippen LogP contribution in [0, 0.1) is 25.7 Å². The van der Waals surface area contributed by atoms with Crippen LogP contribution in [0.3, 0.4) is 0 Å². The van der Waals surface area contributed by atoms with E-state index in [2.05, 4.69) is 32.3 Å². The predicted octanol–water partition coefficient (Wildman–Crippen LogP) is 1.08. The maximum absolute atomic E-state index is 12.2. The topological polar surface area (TPSA) is 88.0 Å². The number of amides is 1. The molecule has 0 aliphatic heterocycles. The predicted molar refractivity (Wildman–Crippen MR) is 77.7 cm³/mol. The highest BCUT2D eigenvalue weighted by Crippen LogP contribution is 2.10. The van der Waals surface area contributed by atoms with Gasteiger partial charge in [0.2, 0.25) is 0 Å². The van der Waals surface area contributed by atoms with Crippen LogP contribution < -0.4 is 5.32 Å². The smallest absolute Gasteiger partial charge is 0.258 e. The van der Waals surface area contributed by atoms with Crippen LogP contribution in [0.1, 0.15) is 27.4 Å². The number of aliphatic hydroxyl groups excluding tert-OH is 1. The van der Waals surface area contributed by atoms with Gasteiger partial charge < -0.3 is 10.4 Å². The standard InChI is InChI=1S/C15H14N4O2/c1-10-9-13(11(2)19-18-10)15(21)17-14-7-3-5-12(16-14)6-4-8-20/h3,5,7,9,20H,8H2,1-2H3,(H,16,17,21). The van der Waals surface area contributed by atoms with Crippen molar-refractivity contribution < 1.29 is 9.90 Å². The van der Waals surface area contributed by atoms with Crippen LogP contribution in [0.4, 0.5) is 5.82 Å². The highest BCUT2D eigenvalue weighted by molar-refractivity contribution is 6.04. The van der Waals surface area contributed by atoms with Crippen LogP contribution in [0.5, 0.6) is 0 Å². The second kappa shape index (κ2) is 6.59. The molecule has 1 amide bonds. The van der Waals surface area contributed by atoms with Crippen molar-refractivity contribution in [2.45, 2.75) is 13.8 Å². The minimum atomic E-state index is -0.301. The van der Waals surface area contributed by atoms with E-state index >= 15 is 0 Å². The van der Waals surface area contributed by atoms with Crippen molar-refractivity contribution in [1.82, 2.24) is 15.2 Å². The van der Waals surface area contributed by atoms with Gasteiger partial charge in [-0.2, -0.15) is 10.2 Å². The van der Waals surface area contributed by atoms with Gasteiger partial charge in [0, 0.05) is 0 Å². The van der Waals surface area contributed by atoms with Crippen molar-refractivity contribution in [2.24, 2.45) is 0 Å². The molecule has 0 aliphatic rings. The third-order valence-corrected chi connectivity index (χ3v) is 2.63. The molecule has 2 aromatic rings. The number of anilines is 1. The Balaban J connectivity index is 2.21. The van der Waals surface area contributed by atoms with Gasteiger partial charge in [-0.1, -0.05) is 12.0 Å². The van der Waals surface area contributed by atoms with Crippen molar-refractivity contribution >= 4 is 11.7 Å². The summed E-state index contributed by atoms with van der Waals surface area (Å²) in [6.07, 6.45) is 0. The Kier molecular flexibility index (Phi) is 4.59. The van der Waals surface area contributed by atoms with Crippen molar-refractivity contribution in [2.75, 3.05) is 11.9 Å². The van der Waals surface area contributed by atoms with Crippen LogP contribution in [0.15, 0.2) is 24.3 Å². The van der Waals surface area contributed by atoms with Gasteiger partial charge in [0.15, 0.2) is 0 Å². The molecule has 0 aromatic carbocycles. The summed E-state index contributed by atoms with van der Waals surface area (Å²) in [7, 11) is 0. The number of aryl methyl sites for hydroxylation is 2. The number of pyridine rings is 1. The number of aliphatic hydroxyl groups is 1. The van der Waals surface area contributed by atoms with Gasteiger partial charge in [-0.3, -0.25) is 4.79 Å². The van der Waals surface area contributed by atoms with Crippen LogP contribution in [-0.2, 0) is 0 Å². The lowest BCUT2D eigenvalue weighted by Gasteiger charge is -2.07. The Labute approximate surface area is 122 Å². The normalized spacial score (nSPS) is 9.67. The largest absolute Gasteiger partial charge is 0.384 e. The summed E-state index contributed by atoms with van der Waals surface area (Å²) in [6, 6.07) is 6.76. The molecule has 2 heterocycles. The molecule has 0 spiro atoms. The average molecular weight is 282 g/mol. The zero-order valence-corrected chi connectivity index (χ0v) is 11.7. The van der Waals surface area contributed by atoms with Gasteiger partial charge in [-0.05, 0) is 38.0 Å². The van der Waals surface area contributed by atoms with Gasteiger partial charge in [-0.25, -0.2) is 4.98 Å². The summed E-state index contributed by atoms with van der Waals surface area (Å²) in [4.78, 5) is 16.4. The van der Waals surface area contributed by atoms with E-state index in [-0.39, 0.29) is 12.5 Å². The highest BCUT2D eigenvalue weighted by atomic mass is 16.2. The summed E-state index contributed by atoms with van der Waals surface area (Å²) < 4.78 is 0. The third-order valence-electron chi connectivity index (χ3n) is 2.63. The van der Waals surface area contributed by atoms with Gasteiger partial charge in [0.1, 0.15) is 18.1 Å². The monoisotopic (exact) mass is 282 g/mol. The Morgan fingerprint density at radius 2 is 2.14 bits per heavy atom. The number of nitrogens with zero attached hydrogens (tertiary/aromatic N) is 3. The Bertz CT molecular complexity index is 732. The van der Waals surface area contributed by atoms with E-state index in [0.29, 0.717) is 28.5 Å². The number of hydrogen-bond donors (Lipinski definition) is 2. The molecule has 21 heavy (non-hydrogen) atoms. The molecule has 0 saturated heterocycles. The molecule has 0 radical (unpaired) electrons. The van der Waals surface area contributed by atoms with E-state index < -0.39 is 0 Å². The average Bonchev–Trinajstić information content (AvgIpc) is 2.48. The molecule has 6 heteroatoms. The number of aromatic nitrogens is 3. The van der Waals surface area contributed by atoms with Gasteiger partial charge in [-0.15, -0.1) is 0 Å². The van der Waals surface area contributed by atoms with E-state index in [1.54, 1.807) is 38.1 Å². The fourth-order valence-electron chi connectivity index (χ4n) is 1.67. The number of carbonyl (C=O) groups excluding carboxylic acids is 1. The molecule has 0 saturated carbocycles. The first-order valence-corrected chi connectivity index (χ1v) is 6.29. The SMILES string of the molecule is Cc1cc(C(=O)Nc2cccc(C#CCO)n2)c(C)nn1. The Morgan fingerprint density at radius 1 is 1.33 bits per heavy atom. The lowest BCUT2D eigenvalue weighted by Crippen LogP contribution is -2.16. The molecular formula is C15H14N4O2. The molecule has 2 aromatic heterocycles. The maximum Gasteiger partial charge on any atom is 0.258 e. The molecule has 0 atom stereocenters. The lowest BCUT2D eigenvalue weighted by molar-refractivity contribution is 0.102. The molecule has 2 N–H and O–H groups in total. The Hall–Kier alpha value is -2.78. The lowest BCUT2D eigenvalue weighted by atomic mass is 10.2. The van der Waals surface area contributed by atoms with E-state index in [4.69, 9.17) is 5.11 Å². The summed E-state index contributed by atoms with van der Waals surface area (Å²) >= 11 is 0. The quantitative estimate of drug-likeness (QED) is 0.805. The molecule has 0 bridgehead atoms. The Morgan fingerprint density at radius 3 is 2.90 bits per heavy atom. The first kappa shape index (κ1) is 14.6. The van der Waals surface area contributed by atoms with Crippen LogP contribution in [0.2, 0.25) is 0 Å². The van der Waals surface area contributed by atoms with Crippen molar-refractivity contribution in [3.05, 3.63) is 46.9 Å². The number of hydrogen-bond acceptors (Lipinski definition) is 5. The van der Waals surface area contributed by atoms with Crippen LogP contribution in [-0.4, -0.2) is 32.8 Å². The second-order valence-corrected chi connectivity index (χ2v) is 4.31. The number of carbonyl (C=O) groups is 1. The van der Waals surface area contributed by atoms with E-state index in [1.165, 1.54) is 0 Å². The molecule has 0 aliphatic carbocycles. The molecule has 2 rings (SSSR count). The van der Waals surface area contributed by atoms with Crippen molar-refractivity contribution in [3.63, 3.8) is 0 Å². The fraction of sp³-hybridized carbons (Fsp3) is 0.200. The summed E-state index contributed by atoms with van der Waals surface area (Å²) in [5.41, 5.74) is 2.15. The molecule has 0 fully saturated rings. The van der Waals surface area contributed by atoms with Crippen molar-refractivity contribution in [1.29, 1.82) is 0 Å². The van der Waals surface area contributed by atoms with Crippen LogP contribution >= 0.6 is 0 Å². The zero-order chi connectivity index (χ0) is 15.2. The van der Waals surface area contributed by atoms with Crippen molar-refractivity contribution in [3.8, 4) is 11.8 Å². The van der Waals surface area contributed by atoms with E-state index in [0.717, 1.165) is 0 Å². The fourth-order valence-corrected chi connectivity index (χ4v) is 1.67. The summed E-state index contributed by atoms with van der Waals surface area (Å²) in [5, 5.41) is 19.2. The first-order valence-electron chi connectivity index (χ1n) is 6.29. The van der Waals surface area contributed by atoms with E-state index in [1.807, 2.05) is 0 Å². The minimum Gasteiger partial charge on any atom is -0.384 e. The highest BCUT2D eigenvalue weighted by Gasteiger charge is 2.12. The molecule has 0 unspecified atom stereocenters. The minimum absolute atomic E-state index is 0.237. The number of nitrogens with one attached hydrogen (secondary N) is 1. The number of rotatable bonds is 2. The maximum atomic E-state index is 12.2. The molecule has 106 valence electrons. The summed E-state index contributed by atoms with van der Waals surface area (Å²) in [5.74, 6) is 5.28. The summed E-state index contributed by atoms with van der Waals surface area (Å²) in [6.45, 7) is 3.25. The molecular weight excluding hydrogens is 268 g/mol.